The van der Waals surface area contributed by atoms with E-state index in [1.54, 1.807) is 0 Å². The first-order valence-electron chi connectivity index (χ1n) is 5.64. The number of hydrogen-bond donors (Lipinski definition) is 2. The summed E-state index contributed by atoms with van der Waals surface area (Å²) in [6.45, 7) is 0.286. The van der Waals surface area contributed by atoms with Crippen LogP contribution in [0.15, 0.2) is 46.9 Å². The first kappa shape index (κ1) is 13.5. The Morgan fingerprint density at radius 1 is 1.21 bits per heavy atom. The Balaban J connectivity index is 2.12. The number of rotatable bonds is 4. The fraction of sp³-hybridized carbons (Fsp3) is 0.0714. The predicted molar refractivity (Wildman–Crippen MR) is 76.4 cm³/mol. The number of nitrogens with two attached hydrogens (primary N) is 1. The quantitative estimate of drug-likeness (QED) is 0.907. The van der Waals surface area contributed by atoms with Crippen molar-refractivity contribution in [2.45, 2.75) is 6.54 Å². The maximum absolute atomic E-state index is 13.6. The number of primary amides is 1. The second-order valence-electron chi connectivity index (χ2n) is 4.03. The van der Waals surface area contributed by atoms with E-state index in [9.17, 15) is 9.18 Å². The van der Waals surface area contributed by atoms with Gasteiger partial charge in [0.05, 0.1) is 0 Å². The van der Waals surface area contributed by atoms with Crippen LogP contribution in [-0.2, 0) is 6.54 Å². The molecule has 0 spiro atoms. The molecule has 5 heteroatoms. The molecular formula is C14H12BrFN2O. The predicted octanol–water partition coefficient (Wildman–Crippen LogP) is 3.30. The first-order valence-corrected chi connectivity index (χ1v) is 6.43. The zero-order chi connectivity index (χ0) is 13.8. The third-order valence-corrected chi connectivity index (χ3v) is 3.19. The lowest BCUT2D eigenvalue weighted by Gasteiger charge is -2.08. The maximum atomic E-state index is 13.6. The largest absolute Gasteiger partial charge is 0.381 e. The summed E-state index contributed by atoms with van der Waals surface area (Å²) in [5.41, 5.74) is 6.74. The highest BCUT2D eigenvalue weighted by Crippen LogP contribution is 2.16. The molecule has 0 heterocycles. The van der Waals surface area contributed by atoms with Crippen LogP contribution in [0, 0.1) is 5.82 Å². The van der Waals surface area contributed by atoms with Gasteiger partial charge in [-0.25, -0.2) is 4.39 Å². The van der Waals surface area contributed by atoms with Crippen LogP contribution in [0.1, 0.15) is 15.9 Å². The molecule has 0 aliphatic carbocycles. The van der Waals surface area contributed by atoms with Gasteiger partial charge in [-0.3, -0.25) is 4.79 Å². The van der Waals surface area contributed by atoms with Crippen LogP contribution in [0.5, 0.6) is 0 Å². The van der Waals surface area contributed by atoms with Gasteiger partial charge in [-0.15, -0.1) is 0 Å². The maximum Gasteiger partial charge on any atom is 0.248 e. The number of amides is 1. The molecule has 0 radical (unpaired) electrons. The fourth-order valence-electron chi connectivity index (χ4n) is 1.63. The summed E-state index contributed by atoms with van der Waals surface area (Å²) >= 11 is 3.34. The third-order valence-electron chi connectivity index (χ3n) is 2.66. The molecule has 0 fully saturated rings. The SMILES string of the molecule is NC(=O)c1ccc(F)c(CNc2ccc(Br)cc2)c1. The molecule has 98 valence electrons. The lowest BCUT2D eigenvalue weighted by atomic mass is 10.1. The van der Waals surface area contributed by atoms with Crippen LogP contribution in [0.3, 0.4) is 0 Å². The van der Waals surface area contributed by atoms with E-state index in [1.807, 2.05) is 24.3 Å². The number of hydrogen-bond acceptors (Lipinski definition) is 2. The van der Waals surface area contributed by atoms with Gasteiger partial charge in [0.2, 0.25) is 5.91 Å². The van der Waals surface area contributed by atoms with Gasteiger partial charge in [-0.1, -0.05) is 15.9 Å². The Morgan fingerprint density at radius 2 is 1.89 bits per heavy atom. The van der Waals surface area contributed by atoms with Crippen molar-refractivity contribution >= 4 is 27.5 Å². The summed E-state index contributed by atoms with van der Waals surface area (Å²) in [4.78, 5) is 11.1. The van der Waals surface area contributed by atoms with E-state index in [2.05, 4.69) is 21.2 Å². The highest BCUT2D eigenvalue weighted by Gasteiger charge is 2.07. The zero-order valence-electron chi connectivity index (χ0n) is 9.99. The Morgan fingerprint density at radius 3 is 2.53 bits per heavy atom. The van der Waals surface area contributed by atoms with Crippen LogP contribution in [-0.4, -0.2) is 5.91 Å². The molecule has 0 atom stereocenters. The van der Waals surface area contributed by atoms with Gasteiger partial charge in [0.1, 0.15) is 5.82 Å². The van der Waals surface area contributed by atoms with Crippen LogP contribution in [0.25, 0.3) is 0 Å². The molecule has 0 aromatic heterocycles. The van der Waals surface area contributed by atoms with E-state index >= 15 is 0 Å². The minimum Gasteiger partial charge on any atom is -0.381 e. The molecule has 2 aromatic carbocycles. The van der Waals surface area contributed by atoms with Gasteiger partial charge in [-0.2, -0.15) is 0 Å². The van der Waals surface area contributed by atoms with Crippen molar-refractivity contribution in [2.75, 3.05) is 5.32 Å². The smallest absolute Gasteiger partial charge is 0.248 e. The van der Waals surface area contributed by atoms with Gasteiger partial charge >= 0.3 is 0 Å². The minimum atomic E-state index is -0.565. The van der Waals surface area contributed by atoms with Crippen molar-refractivity contribution in [1.29, 1.82) is 0 Å². The summed E-state index contributed by atoms with van der Waals surface area (Å²) in [6, 6.07) is 11.6. The monoisotopic (exact) mass is 322 g/mol. The molecule has 1 amide bonds. The summed E-state index contributed by atoms with van der Waals surface area (Å²) in [5, 5.41) is 3.08. The van der Waals surface area contributed by atoms with Crippen LogP contribution in [0.4, 0.5) is 10.1 Å². The minimum absolute atomic E-state index is 0.286. The Bertz CT molecular complexity index is 599. The van der Waals surface area contributed by atoms with Gasteiger partial charge in [-0.05, 0) is 42.5 Å². The number of halogens is 2. The van der Waals surface area contributed by atoms with Crippen LogP contribution in [0.2, 0.25) is 0 Å². The van der Waals surface area contributed by atoms with Crippen molar-refractivity contribution < 1.29 is 9.18 Å². The number of nitrogens with one attached hydrogen (secondary N) is 1. The number of carbonyl (C=O) groups is 1. The van der Waals surface area contributed by atoms with E-state index in [4.69, 9.17) is 5.73 Å². The molecule has 3 nitrogen and oxygen atoms in total. The lowest BCUT2D eigenvalue weighted by molar-refractivity contribution is 0.1000. The summed E-state index contributed by atoms with van der Waals surface area (Å²) < 4.78 is 14.6. The molecule has 0 aliphatic rings. The molecule has 0 aliphatic heterocycles. The molecule has 0 bridgehead atoms. The number of benzene rings is 2. The molecular weight excluding hydrogens is 311 g/mol. The standard InChI is InChI=1S/C14H12BrFN2O/c15-11-2-4-12(5-3-11)18-8-10-7-9(14(17)19)1-6-13(10)16/h1-7,18H,8H2,(H2,17,19). The molecule has 2 aromatic rings. The van der Waals surface area contributed by atoms with Gasteiger partial charge in [0.15, 0.2) is 0 Å². The highest BCUT2D eigenvalue weighted by atomic mass is 79.9. The van der Waals surface area contributed by atoms with Crippen molar-refractivity contribution in [1.82, 2.24) is 0 Å². The summed E-state index contributed by atoms with van der Waals surface area (Å²) in [7, 11) is 0. The van der Waals surface area contributed by atoms with E-state index in [1.165, 1.54) is 18.2 Å². The average Bonchev–Trinajstić information content (AvgIpc) is 2.39. The lowest BCUT2D eigenvalue weighted by Crippen LogP contribution is -2.12. The zero-order valence-corrected chi connectivity index (χ0v) is 11.6. The van der Waals surface area contributed by atoms with Crippen molar-refractivity contribution in [3.05, 3.63) is 63.9 Å². The summed E-state index contributed by atoms with van der Waals surface area (Å²) in [6.07, 6.45) is 0. The summed E-state index contributed by atoms with van der Waals surface area (Å²) in [5.74, 6) is -0.931. The van der Waals surface area contributed by atoms with Gasteiger partial charge in [0.25, 0.3) is 0 Å². The molecule has 0 saturated heterocycles. The van der Waals surface area contributed by atoms with E-state index in [-0.39, 0.29) is 12.4 Å². The van der Waals surface area contributed by atoms with Crippen molar-refractivity contribution in [2.24, 2.45) is 5.73 Å². The normalized spacial score (nSPS) is 10.2. The Hall–Kier alpha value is -1.88. The van der Waals surface area contributed by atoms with Crippen LogP contribution < -0.4 is 11.1 Å². The van der Waals surface area contributed by atoms with Crippen LogP contribution >= 0.6 is 15.9 Å². The number of carbonyl (C=O) groups excluding carboxylic acids is 1. The van der Waals surface area contributed by atoms with Crippen molar-refractivity contribution in [3.63, 3.8) is 0 Å². The molecule has 0 unspecified atom stereocenters. The second kappa shape index (κ2) is 5.84. The first-order chi connectivity index (χ1) is 9.06. The van der Waals surface area contributed by atoms with E-state index < -0.39 is 5.91 Å². The third kappa shape index (κ3) is 3.54. The average molecular weight is 323 g/mol. The molecule has 19 heavy (non-hydrogen) atoms. The fourth-order valence-corrected chi connectivity index (χ4v) is 1.89. The van der Waals surface area contributed by atoms with Gasteiger partial charge in [0, 0.05) is 27.8 Å². The molecule has 2 rings (SSSR count). The molecule has 0 saturated carbocycles. The van der Waals surface area contributed by atoms with Gasteiger partial charge < -0.3 is 11.1 Å². The second-order valence-corrected chi connectivity index (χ2v) is 4.95. The Labute approximate surface area is 118 Å². The molecule has 3 N–H and O–H groups in total. The highest BCUT2D eigenvalue weighted by molar-refractivity contribution is 9.10. The van der Waals surface area contributed by atoms with E-state index in [0.717, 1.165) is 10.2 Å². The van der Waals surface area contributed by atoms with E-state index in [0.29, 0.717) is 11.1 Å². The Kier molecular flexibility index (Phi) is 4.16. The number of anilines is 1. The van der Waals surface area contributed by atoms with Crippen molar-refractivity contribution in [3.8, 4) is 0 Å². The topological polar surface area (TPSA) is 55.1 Å².